The zero-order chi connectivity index (χ0) is 19.4. The Bertz CT molecular complexity index is 999. The number of nitrogens with one attached hydrogen (secondary N) is 2. The number of aryl methyl sites for hydroxylation is 1. The maximum absolute atomic E-state index is 11.0. The molecule has 0 spiro atoms. The van der Waals surface area contributed by atoms with Crippen molar-refractivity contribution in [2.45, 2.75) is 13.3 Å². The van der Waals surface area contributed by atoms with E-state index in [-0.39, 0.29) is 18.1 Å². The van der Waals surface area contributed by atoms with Gasteiger partial charge < -0.3 is 21.6 Å². The van der Waals surface area contributed by atoms with Crippen molar-refractivity contribution < 1.29 is 31.2 Å². The molecule has 0 saturated heterocycles. The lowest BCUT2D eigenvalue weighted by molar-refractivity contribution is -0.632. The number of H-pyrrole nitrogens is 1. The number of aromatic amines is 1. The van der Waals surface area contributed by atoms with Gasteiger partial charge >= 0.3 is 5.95 Å². The van der Waals surface area contributed by atoms with Gasteiger partial charge in [-0.15, -0.1) is 9.78 Å². The lowest BCUT2D eigenvalue weighted by Crippen LogP contribution is -3.00. The van der Waals surface area contributed by atoms with E-state index < -0.39 is 4.92 Å². The van der Waals surface area contributed by atoms with Crippen LogP contribution in [0.3, 0.4) is 0 Å². The Balaban J connectivity index is 0.00000280. The number of nitrogens with zero attached hydrogens (tertiary/aromatic N) is 4. The Morgan fingerprint density at radius 3 is 2.89 bits per heavy atom. The van der Waals surface area contributed by atoms with Gasteiger partial charge in [-0.05, 0) is 18.2 Å². The number of nitro groups is 1. The highest BCUT2D eigenvalue weighted by Gasteiger charge is 2.16. The van der Waals surface area contributed by atoms with Crippen LogP contribution in [-0.2, 0) is 6.42 Å². The fourth-order valence-electron chi connectivity index (χ4n) is 2.40. The highest BCUT2D eigenvalue weighted by molar-refractivity contribution is 5.79. The zero-order valence-corrected chi connectivity index (χ0v) is 15.8. The first-order chi connectivity index (χ1) is 13.0. The summed E-state index contributed by atoms with van der Waals surface area (Å²) in [4.78, 5) is 10.5. The summed E-state index contributed by atoms with van der Waals surface area (Å²) in [6, 6.07) is 7.64. The molecule has 1 aromatic carbocycles. The SMILES string of the molecule is CCc1[nH]nc(N/N=C/c2ccc(-c3cc([N+](=O)[O-])ccc3OC)o2)[n+]1N.[Cl-]. The van der Waals surface area contributed by atoms with Crippen molar-refractivity contribution >= 4 is 17.9 Å². The van der Waals surface area contributed by atoms with Crippen LogP contribution in [0.15, 0.2) is 39.9 Å². The summed E-state index contributed by atoms with van der Waals surface area (Å²) in [5.74, 6) is 8.23. The summed E-state index contributed by atoms with van der Waals surface area (Å²) in [7, 11) is 1.48. The fraction of sp³-hybridized carbons (Fsp3) is 0.188. The average molecular weight is 408 g/mol. The largest absolute Gasteiger partial charge is 1.00 e. The second kappa shape index (κ2) is 8.86. The first kappa shape index (κ1) is 20.7. The van der Waals surface area contributed by atoms with Gasteiger partial charge in [-0.2, -0.15) is 10.5 Å². The number of rotatable bonds is 7. The Morgan fingerprint density at radius 1 is 1.46 bits per heavy atom. The van der Waals surface area contributed by atoms with Crippen molar-refractivity contribution in [2.24, 2.45) is 5.10 Å². The summed E-state index contributed by atoms with van der Waals surface area (Å²) >= 11 is 0. The summed E-state index contributed by atoms with van der Waals surface area (Å²) in [5, 5.41) is 21.8. The van der Waals surface area contributed by atoms with E-state index in [9.17, 15) is 10.1 Å². The molecule has 3 aromatic rings. The minimum absolute atomic E-state index is 0. The lowest BCUT2D eigenvalue weighted by atomic mass is 10.1. The number of ether oxygens (including phenoxy) is 1. The topological polar surface area (TPSA) is 148 Å². The van der Waals surface area contributed by atoms with Crippen LogP contribution in [0.2, 0.25) is 0 Å². The molecule has 0 fully saturated rings. The number of benzene rings is 1. The number of non-ortho nitro benzene ring substituents is 1. The highest BCUT2D eigenvalue weighted by atomic mass is 35.5. The van der Waals surface area contributed by atoms with Crippen LogP contribution >= 0.6 is 0 Å². The van der Waals surface area contributed by atoms with E-state index in [0.717, 1.165) is 5.82 Å². The van der Waals surface area contributed by atoms with Crippen LogP contribution in [0.4, 0.5) is 11.6 Å². The van der Waals surface area contributed by atoms with E-state index in [4.69, 9.17) is 15.0 Å². The minimum Gasteiger partial charge on any atom is -1.00 e. The molecule has 4 N–H and O–H groups in total. The van der Waals surface area contributed by atoms with Gasteiger partial charge in [0.2, 0.25) is 5.82 Å². The van der Waals surface area contributed by atoms with Crippen LogP contribution in [0.1, 0.15) is 18.5 Å². The Kier molecular flexibility index (Phi) is 6.55. The van der Waals surface area contributed by atoms with Crippen molar-refractivity contribution in [1.82, 2.24) is 10.2 Å². The second-order valence-corrected chi connectivity index (χ2v) is 5.43. The Morgan fingerprint density at radius 2 is 2.25 bits per heavy atom. The van der Waals surface area contributed by atoms with Crippen LogP contribution in [-0.4, -0.2) is 28.4 Å². The average Bonchev–Trinajstić information content (AvgIpc) is 3.28. The number of halogens is 1. The third-order valence-corrected chi connectivity index (χ3v) is 3.79. The molecule has 0 bridgehead atoms. The van der Waals surface area contributed by atoms with Gasteiger partial charge in [-0.1, -0.05) is 6.92 Å². The molecule has 12 heteroatoms. The molecular formula is C16H18ClN7O4. The van der Waals surface area contributed by atoms with Crippen LogP contribution in [0.5, 0.6) is 5.75 Å². The van der Waals surface area contributed by atoms with Crippen molar-refractivity contribution in [3.05, 3.63) is 52.0 Å². The number of nitrogens with two attached hydrogens (primary N) is 1. The molecule has 2 heterocycles. The van der Waals surface area contributed by atoms with Gasteiger partial charge in [0.25, 0.3) is 5.69 Å². The van der Waals surface area contributed by atoms with Gasteiger partial charge in [-0.3, -0.25) is 16.0 Å². The summed E-state index contributed by atoms with van der Waals surface area (Å²) < 4.78 is 12.3. The molecule has 0 unspecified atom stereocenters. The molecule has 0 aliphatic rings. The van der Waals surface area contributed by atoms with Crippen LogP contribution in [0.25, 0.3) is 11.3 Å². The number of hydrazone groups is 1. The first-order valence-corrected chi connectivity index (χ1v) is 7.99. The first-order valence-electron chi connectivity index (χ1n) is 7.99. The van der Waals surface area contributed by atoms with E-state index in [1.54, 1.807) is 12.1 Å². The molecule has 148 valence electrons. The number of methoxy groups -OCH3 is 1. The third kappa shape index (κ3) is 4.20. The second-order valence-electron chi connectivity index (χ2n) is 5.43. The van der Waals surface area contributed by atoms with Gasteiger partial charge in [-0.25, -0.2) is 0 Å². The summed E-state index contributed by atoms with van der Waals surface area (Å²) in [6.07, 6.45) is 2.13. The lowest BCUT2D eigenvalue weighted by Gasteiger charge is -2.05. The number of aromatic nitrogens is 3. The smallest absolute Gasteiger partial charge is 0.421 e. The van der Waals surface area contributed by atoms with Gasteiger partial charge in [0.15, 0.2) is 0 Å². The van der Waals surface area contributed by atoms with E-state index in [1.165, 1.54) is 36.2 Å². The summed E-state index contributed by atoms with van der Waals surface area (Å²) in [6.45, 7) is 1.94. The maximum atomic E-state index is 11.0. The molecule has 0 aliphatic heterocycles. The molecule has 11 nitrogen and oxygen atoms in total. The van der Waals surface area contributed by atoms with Crippen molar-refractivity contribution in [1.29, 1.82) is 0 Å². The van der Waals surface area contributed by atoms with Crippen LogP contribution < -0.4 is 33.1 Å². The Labute approximate surface area is 165 Å². The third-order valence-electron chi connectivity index (χ3n) is 3.79. The van der Waals surface area contributed by atoms with Gasteiger partial charge in [0.1, 0.15) is 23.5 Å². The molecule has 2 aromatic heterocycles. The predicted octanol–water partition coefficient (Wildman–Crippen LogP) is -1.40. The van der Waals surface area contributed by atoms with Crippen molar-refractivity contribution in [3.63, 3.8) is 0 Å². The highest BCUT2D eigenvalue weighted by Crippen LogP contribution is 2.34. The van der Waals surface area contributed by atoms with Gasteiger partial charge in [0, 0.05) is 23.7 Å². The van der Waals surface area contributed by atoms with Crippen LogP contribution in [0, 0.1) is 10.1 Å². The van der Waals surface area contributed by atoms with Crippen molar-refractivity contribution in [3.8, 4) is 17.1 Å². The molecule has 0 aliphatic carbocycles. The molecule has 0 atom stereocenters. The number of nitrogen functional groups attached to an aromatic ring is 1. The van der Waals surface area contributed by atoms with Crippen molar-refractivity contribution in [2.75, 3.05) is 18.4 Å². The quantitative estimate of drug-likeness (QED) is 0.143. The molecule has 28 heavy (non-hydrogen) atoms. The number of hydrogen-bond acceptors (Lipinski definition) is 8. The Hall–Kier alpha value is -3.60. The van der Waals surface area contributed by atoms with E-state index in [2.05, 4.69) is 20.7 Å². The minimum atomic E-state index is -0.478. The number of nitro benzene ring substituents is 1. The molecule has 3 rings (SSSR count). The van der Waals surface area contributed by atoms with Gasteiger partial charge in [0.05, 0.1) is 17.6 Å². The molecule has 0 saturated carbocycles. The zero-order valence-electron chi connectivity index (χ0n) is 15.0. The van der Waals surface area contributed by atoms with E-state index >= 15 is 0 Å². The molecule has 0 radical (unpaired) electrons. The fourth-order valence-corrected chi connectivity index (χ4v) is 2.40. The maximum Gasteiger partial charge on any atom is 0.421 e. The monoisotopic (exact) mass is 407 g/mol. The number of anilines is 1. The predicted molar refractivity (Wildman–Crippen MR) is 96.9 cm³/mol. The number of furan rings is 1. The standard InChI is InChI=1S/C16H17N7O4.ClH/c1-3-15-19-21-16(22(15)17)20-18-9-11-5-7-14(27-11)12-8-10(23(24)25)4-6-13(12)26-2;/h4-9H,3,17H2,1-2H3,(H,20,21);1H/b18-9+;. The van der Waals surface area contributed by atoms with E-state index in [1.807, 2.05) is 6.92 Å². The van der Waals surface area contributed by atoms with E-state index in [0.29, 0.717) is 35.2 Å². The molecular weight excluding hydrogens is 390 g/mol. The molecule has 0 amide bonds. The number of hydrogen-bond donors (Lipinski definition) is 3. The normalized spacial score (nSPS) is 10.6. The summed E-state index contributed by atoms with van der Waals surface area (Å²) in [5.41, 5.74) is 3.12.